The van der Waals surface area contributed by atoms with Crippen molar-refractivity contribution in [1.29, 1.82) is 0 Å². The van der Waals surface area contributed by atoms with Gasteiger partial charge in [-0.1, -0.05) is 38.1 Å². The first-order valence-corrected chi connectivity index (χ1v) is 9.82. The monoisotopic (exact) mass is 343 g/mol. The van der Waals surface area contributed by atoms with Gasteiger partial charge in [-0.25, -0.2) is 0 Å². The Labute approximate surface area is 152 Å². The topological polar surface area (TPSA) is 36.9 Å². The number of nitrogens with one attached hydrogen (secondary N) is 1. The van der Waals surface area contributed by atoms with E-state index in [1.54, 1.807) is 0 Å². The molecule has 1 aliphatic heterocycles. The summed E-state index contributed by atoms with van der Waals surface area (Å²) in [5.41, 5.74) is 2.87. The van der Waals surface area contributed by atoms with Crippen molar-refractivity contribution in [2.24, 2.45) is 4.99 Å². The highest BCUT2D eigenvalue weighted by Crippen LogP contribution is 2.41. The summed E-state index contributed by atoms with van der Waals surface area (Å²) in [4.78, 5) is 6.90. The molecule has 2 unspecified atom stereocenters. The number of aliphatic imine (C=N–C) groups is 1. The molecule has 0 radical (unpaired) electrons. The number of benzene rings is 1. The summed E-state index contributed by atoms with van der Waals surface area (Å²) in [7, 11) is 1.89. The predicted octanol–water partition coefficient (Wildman–Crippen LogP) is 3.74. The van der Waals surface area contributed by atoms with Crippen molar-refractivity contribution >= 4 is 5.96 Å². The van der Waals surface area contributed by atoms with Gasteiger partial charge in [0.25, 0.3) is 0 Å². The largest absolute Gasteiger partial charge is 0.378 e. The van der Waals surface area contributed by atoms with E-state index < -0.39 is 0 Å². The first-order chi connectivity index (χ1) is 12.1. The van der Waals surface area contributed by atoms with Crippen molar-refractivity contribution in [2.45, 2.75) is 64.0 Å². The second-order valence-electron chi connectivity index (χ2n) is 7.60. The number of hydrogen-bond acceptors (Lipinski definition) is 2. The first kappa shape index (κ1) is 18.2. The van der Waals surface area contributed by atoms with Gasteiger partial charge in [-0.2, -0.15) is 0 Å². The molecule has 2 aliphatic rings. The van der Waals surface area contributed by atoms with Crippen LogP contribution in [0.2, 0.25) is 0 Å². The van der Waals surface area contributed by atoms with Crippen molar-refractivity contribution in [3.63, 3.8) is 0 Å². The zero-order valence-electron chi connectivity index (χ0n) is 16.2. The number of rotatable bonds is 5. The summed E-state index contributed by atoms with van der Waals surface area (Å²) in [6.07, 6.45) is 3.82. The summed E-state index contributed by atoms with van der Waals surface area (Å²) in [5.74, 6) is 2.28. The van der Waals surface area contributed by atoms with Crippen LogP contribution in [0, 0.1) is 0 Å². The lowest BCUT2D eigenvalue weighted by Gasteiger charge is -2.34. The highest BCUT2D eigenvalue weighted by Gasteiger charge is 2.39. The van der Waals surface area contributed by atoms with Gasteiger partial charge in [-0.05, 0) is 43.2 Å². The minimum Gasteiger partial charge on any atom is -0.378 e. The molecule has 4 heteroatoms. The molecule has 2 fully saturated rings. The Hall–Kier alpha value is -1.55. The first-order valence-electron chi connectivity index (χ1n) is 9.82. The summed E-state index contributed by atoms with van der Waals surface area (Å²) >= 11 is 0. The Morgan fingerprint density at radius 2 is 1.92 bits per heavy atom. The van der Waals surface area contributed by atoms with E-state index in [0.29, 0.717) is 24.0 Å². The second kappa shape index (κ2) is 8.22. The van der Waals surface area contributed by atoms with Gasteiger partial charge in [0, 0.05) is 38.7 Å². The average molecular weight is 344 g/mol. The molecule has 0 aromatic heterocycles. The van der Waals surface area contributed by atoms with Crippen molar-refractivity contribution < 1.29 is 4.74 Å². The maximum atomic E-state index is 5.75. The molecule has 3 rings (SSSR count). The van der Waals surface area contributed by atoms with E-state index in [4.69, 9.17) is 4.74 Å². The molecule has 1 aromatic carbocycles. The minimum absolute atomic E-state index is 0.424. The van der Waals surface area contributed by atoms with E-state index in [9.17, 15) is 0 Å². The van der Waals surface area contributed by atoms with Crippen LogP contribution in [0.4, 0.5) is 0 Å². The average Bonchev–Trinajstić information content (AvgIpc) is 3.40. The number of nitrogens with zero attached hydrogens (tertiary/aromatic N) is 2. The van der Waals surface area contributed by atoms with Crippen LogP contribution < -0.4 is 5.32 Å². The molecule has 0 amide bonds. The van der Waals surface area contributed by atoms with Crippen LogP contribution in [-0.2, 0) is 4.74 Å². The van der Waals surface area contributed by atoms with Gasteiger partial charge < -0.3 is 15.0 Å². The Balaban J connectivity index is 1.51. The molecule has 1 heterocycles. The second-order valence-corrected chi connectivity index (χ2v) is 7.60. The van der Waals surface area contributed by atoms with Gasteiger partial charge in [0.15, 0.2) is 5.96 Å². The summed E-state index contributed by atoms with van der Waals surface area (Å²) in [6.45, 7) is 9.45. The number of ether oxygens (including phenoxy) is 1. The Kier molecular flexibility index (Phi) is 6.00. The quantitative estimate of drug-likeness (QED) is 0.653. The fraction of sp³-hybridized carbons (Fsp3) is 0.667. The molecule has 4 nitrogen and oxygen atoms in total. The van der Waals surface area contributed by atoms with E-state index in [0.717, 1.165) is 38.5 Å². The molecule has 1 N–H and O–H groups in total. The molecule has 1 aliphatic carbocycles. The highest BCUT2D eigenvalue weighted by molar-refractivity contribution is 5.80. The third kappa shape index (κ3) is 4.55. The van der Waals surface area contributed by atoms with Gasteiger partial charge in [0.05, 0.1) is 6.10 Å². The van der Waals surface area contributed by atoms with Crippen LogP contribution >= 0.6 is 0 Å². The zero-order chi connectivity index (χ0) is 17.8. The standard InChI is InChI=1S/C21H33N3O/c1-5-25-18-10-12-24(13-11-18)21(22-4)23-20-14-19(20)17-8-6-16(7-9-17)15(2)3/h6-9,15,18-20H,5,10-14H2,1-4H3,(H,22,23). The van der Waals surface area contributed by atoms with Crippen LogP contribution in [-0.4, -0.2) is 49.7 Å². The van der Waals surface area contributed by atoms with Crippen molar-refractivity contribution in [2.75, 3.05) is 26.7 Å². The van der Waals surface area contributed by atoms with Gasteiger partial charge in [-0.15, -0.1) is 0 Å². The smallest absolute Gasteiger partial charge is 0.193 e. The lowest BCUT2D eigenvalue weighted by atomic mass is 10.0. The minimum atomic E-state index is 0.424. The van der Waals surface area contributed by atoms with E-state index in [1.807, 2.05) is 7.05 Å². The van der Waals surface area contributed by atoms with Gasteiger partial charge >= 0.3 is 0 Å². The SMILES string of the molecule is CCOC1CCN(C(=NC)NC2CC2c2ccc(C(C)C)cc2)CC1. The van der Waals surface area contributed by atoms with Gasteiger partial charge in [-0.3, -0.25) is 4.99 Å². The Morgan fingerprint density at radius 1 is 1.24 bits per heavy atom. The maximum absolute atomic E-state index is 5.75. The van der Waals surface area contributed by atoms with Crippen LogP contribution in [0.5, 0.6) is 0 Å². The predicted molar refractivity (Wildman–Crippen MR) is 104 cm³/mol. The molecule has 138 valence electrons. The van der Waals surface area contributed by atoms with Crippen LogP contribution in [0.3, 0.4) is 0 Å². The van der Waals surface area contributed by atoms with Crippen molar-refractivity contribution in [3.8, 4) is 0 Å². The van der Waals surface area contributed by atoms with Crippen LogP contribution in [0.1, 0.15) is 63.0 Å². The summed E-state index contributed by atoms with van der Waals surface area (Å²) in [5, 5.41) is 3.68. The zero-order valence-corrected chi connectivity index (χ0v) is 16.2. The number of hydrogen-bond donors (Lipinski definition) is 1. The summed E-state index contributed by atoms with van der Waals surface area (Å²) in [6, 6.07) is 9.69. The molecular weight excluding hydrogens is 310 g/mol. The number of guanidine groups is 1. The fourth-order valence-electron chi connectivity index (χ4n) is 3.78. The molecule has 1 saturated heterocycles. The lowest BCUT2D eigenvalue weighted by molar-refractivity contribution is 0.0263. The lowest BCUT2D eigenvalue weighted by Crippen LogP contribution is -2.47. The molecular formula is C21H33N3O. The van der Waals surface area contributed by atoms with Crippen LogP contribution in [0.15, 0.2) is 29.3 Å². The molecule has 1 aromatic rings. The third-order valence-electron chi connectivity index (χ3n) is 5.49. The van der Waals surface area contributed by atoms with Crippen molar-refractivity contribution in [3.05, 3.63) is 35.4 Å². The normalized spacial score (nSPS) is 24.7. The number of piperidine rings is 1. The van der Waals surface area contributed by atoms with E-state index in [-0.39, 0.29) is 0 Å². The molecule has 1 saturated carbocycles. The summed E-state index contributed by atoms with van der Waals surface area (Å²) < 4.78 is 5.75. The third-order valence-corrected chi connectivity index (χ3v) is 5.49. The molecule has 25 heavy (non-hydrogen) atoms. The van der Waals surface area contributed by atoms with Crippen molar-refractivity contribution in [1.82, 2.24) is 10.2 Å². The highest BCUT2D eigenvalue weighted by atomic mass is 16.5. The maximum Gasteiger partial charge on any atom is 0.193 e. The van der Waals surface area contributed by atoms with Gasteiger partial charge in [0.1, 0.15) is 0 Å². The Morgan fingerprint density at radius 3 is 2.48 bits per heavy atom. The number of likely N-dealkylation sites (tertiary alicyclic amines) is 1. The van der Waals surface area contributed by atoms with E-state index in [2.05, 4.69) is 60.2 Å². The fourth-order valence-corrected chi connectivity index (χ4v) is 3.78. The van der Waals surface area contributed by atoms with Crippen LogP contribution in [0.25, 0.3) is 0 Å². The van der Waals surface area contributed by atoms with E-state index >= 15 is 0 Å². The molecule has 0 bridgehead atoms. The molecule has 0 spiro atoms. The Bertz CT molecular complexity index is 573. The van der Waals surface area contributed by atoms with E-state index in [1.165, 1.54) is 17.5 Å². The van der Waals surface area contributed by atoms with Gasteiger partial charge in [0.2, 0.25) is 0 Å². The molecule has 2 atom stereocenters.